The van der Waals surface area contributed by atoms with Gasteiger partial charge in [0.2, 0.25) is 5.91 Å². The van der Waals surface area contributed by atoms with E-state index in [1.165, 1.54) is 5.56 Å². The van der Waals surface area contributed by atoms with E-state index in [9.17, 15) is 4.79 Å². The second-order valence-electron chi connectivity index (χ2n) is 8.33. The van der Waals surface area contributed by atoms with E-state index in [4.69, 9.17) is 4.98 Å². The Labute approximate surface area is 180 Å². The predicted octanol–water partition coefficient (Wildman–Crippen LogP) is 3.31. The van der Waals surface area contributed by atoms with Gasteiger partial charge in [-0.2, -0.15) is 0 Å². The van der Waals surface area contributed by atoms with Crippen LogP contribution in [-0.2, 0) is 16.8 Å². The molecule has 0 radical (unpaired) electrons. The number of rotatable bonds is 3. The van der Waals surface area contributed by atoms with Gasteiger partial charge < -0.3 is 4.90 Å². The molecule has 0 aliphatic carbocycles. The number of tetrazole rings is 1. The Kier molecular flexibility index (Phi) is 5.10. The molecule has 1 aromatic carbocycles. The van der Waals surface area contributed by atoms with Gasteiger partial charge in [0.25, 0.3) is 0 Å². The molecule has 2 aromatic heterocycles. The third-order valence-electron chi connectivity index (χ3n) is 6.65. The molecule has 0 bridgehead atoms. The van der Waals surface area contributed by atoms with Crippen LogP contribution in [0.4, 0.5) is 0 Å². The number of thiazole rings is 1. The van der Waals surface area contributed by atoms with Gasteiger partial charge in [-0.05, 0) is 48.6 Å². The van der Waals surface area contributed by atoms with Crippen molar-refractivity contribution in [2.75, 3.05) is 13.1 Å². The SMILES string of the molecule is Cc1nc(C2(c3ccccc3)CCN(C(=O)C3CCCCn4nnnc43)CC2)cs1. The van der Waals surface area contributed by atoms with Gasteiger partial charge in [0.05, 0.1) is 16.6 Å². The quantitative estimate of drug-likeness (QED) is 0.647. The number of likely N-dealkylation sites (tertiary alicyclic amines) is 1. The minimum atomic E-state index is -0.228. The molecule has 2 aliphatic rings. The number of aryl methyl sites for hydroxylation is 2. The molecule has 8 heteroatoms. The molecule has 1 saturated heterocycles. The number of aromatic nitrogens is 5. The molecule has 0 saturated carbocycles. The lowest BCUT2D eigenvalue weighted by Crippen LogP contribution is -2.47. The first-order valence-electron chi connectivity index (χ1n) is 10.7. The molecular weight excluding hydrogens is 396 g/mol. The van der Waals surface area contributed by atoms with Crippen molar-refractivity contribution in [2.24, 2.45) is 0 Å². The van der Waals surface area contributed by atoms with E-state index >= 15 is 0 Å². The first-order chi connectivity index (χ1) is 14.7. The maximum atomic E-state index is 13.5. The Morgan fingerprint density at radius 2 is 1.93 bits per heavy atom. The van der Waals surface area contributed by atoms with Crippen LogP contribution in [0.3, 0.4) is 0 Å². The van der Waals surface area contributed by atoms with Crippen molar-refractivity contribution in [3.63, 3.8) is 0 Å². The summed E-state index contributed by atoms with van der Waals surface area (Å²) in [6, 6.07) is 10.6. The average Bonchev–Trinajstić information content (AvgIpc) is 3.39. The molecule has 4 heterocycles. The number of carbonyl (C=O) groups is 1. The molecule has 2 aliphatic heterocycles. The second-order valence-corrected chi connectivity index (χ2v) is 9.40. The summed E-state index contributed by atoms with van der Waals surface area (Å²) in [5, 5.41) is 15.4. The van der Waals surface area contributed by atoms with Crippen LogP contribution in [0.2, 0.25) is 0 Å². The fraction of sp³-hybridized carbons (Fsp3) is 0.500. The second kappa shape index (κ2) is 7.91. The number of carbonyl (C=O) groups excluding carboxylic acids is 1. The van der Waals surface area contributed by atoms with Crippen molar-refractivity contribution in [1.29, 1.82) is 0 Å². The molecule has 1 amide bonds. The van der Waals surface area contributed by atoms with Gasteiger partial charge in [0.1, 0.15) is 0 Å². The maximum absolute atomic E-state index is 13.5. The summed E-state index contributed by atoms with van der Waals surface area (Å²) in [6.07, 6.45) is 4.61. The maximum Gasteiger partial charge on any atom is 0.233 e. The highest BCUT2D eigenvalue weighted by molar-refractivity contribution is 7.09. The van der Waals surface area contributed by atoms with Crippen molar-refractivity contribution in [3.05, 3.63) is 57.8 Å². The molecular formula is C22H26N6OS. The van der Waals surface area contributed by atoms with Crippen molar-refractivity contribution in [1.82, 2.24) is 30.1 Å². The summed E-state index contributed by atoms with van der Waals surface area (Å²) in [5.41, 5.74) is 2.30. The smallest absolute Gasteiger partial charge is 0.233 e. The van der Waals surface area contributed by atoms with Gasteiger partial charge in [0, 0.05) is 30.4 Å². The van der Waals surface area contributed by atoms with E-state index in [2.05, 4.69) is 58.2 Å². The van der Waals surface area contributed by atoms with Crippen LogP contribution < -0.4 is 0 Å². The van der Waals surface area contributed by atoms with E-state index in [1.807, 2.05) is 9.58 Å². The molecule has 0 N–H and O–H groups in total. The minimum Gasteiger partial charge on any atom is -0.342 e. The van der Waals surface area contributed by atoms with Crippen LogP contribution in [0.5, 0.6) is 0 Å². The lowest BCUT2D eigenvalue weighted by molar-refractivity contribution is -0.134. The van der Waals surface area contributed by atoms with Gasteiger partial charge >= 0.3 is 0 Å². The number of benzene rings is 1. The fourth-order valence-electron chi connectivity index (χ4n) is 4.96. The zero-order chi connectivity index (χ0) is 20.6. The summed E-state index contributed by atoms with van der Waals surface area (Å²) < 4.78 is 1.81. The summed E-state index contributed by atoms with van der Waals surface area (Å²) in [6.45, 7) is 4.30. The van der Waals surface area contributed by atoms with Crippen molar-refractivity contribution in [3.8, 4) is 0 Å². The van der Waals surface area contributed by atoms with Gasteiger partial charge in [-0.1, -0.05) is 36.8 Å². The highest BCUT2D eigenvalue weighted by Gasteiger charge is 2.42. The summed E-state index contributed by atoms with van der Waals surface area (Å²) in [5.74, 6) is 0.671. The van der Waals surface area contributed by atoms with E-state index in [-0.39, 0.29) is 17.2 Å². The molecule has 1 fully saturated rings. The lowest BCUT2D eigenvalue weighted by atomic mass is 9.70. The van der Waals surface area contributed by atoms with E-state index in [1.54, 1.807) is 11.3 Å². The lowest BCUT2D eigenvalue weighted by Gasteiger charge is -2.42. The number of amides is 1. The third kappa shape index (κ3) is 3.33. The summed E-state index contributed by atoms with van der Waals surface area (Å²) in [4.78, 5) is 20.3. The molecule has 3 aromatic rings. The van der Waals surface area contributed by atoms with Crippen LogP contribution in [-0.4, -0.2) is 49.1 Å². The monoisotopic (exact) mass is 422 g/mol. The molecule has 5 rings (SSSR count). The molecule has 7 nitrogen and oxygen atoms in total. The number of piperidine rings is 1. The Morgan fingerprint density at radius 3 is 2.67 bits per heavy atom. The van der Waals surface area contributed by atoms with Crippen LogP contribution in [0.15, 0.2) is 35.7 Å². The number of hydrogen-bond donors (Lipinski definition) is 0. The highest BCUT2D eigenvalue weighted by Crippen LogP contribution is 2.42. The molecule has 30 heavy (non-hydrogen) atoms. The minimum absolute atomic E-state index is 0.131. The Morgan fingerprint density at radius 1 is 1.13 bits per heavy atom. The van der Waals surface area contributed by atoms with E-state index < -0.39 is 0 Å². The normalized spacial score (nSPS) is 21.1. The molecule has 1 unspecified atom stereocenters. The highest BCUT2D eigenvalue weighted by atomic mass is 32.1. The standard InChI is InChI=1S/C22H26N6OS/c1-16-23-19(15-30-16)22(17-7-3-2-4-8-17)10-13-27(14-11-22)21(29)18-9-5-6-12-28-20(18)24-25-26-28/h2-4,7-8,15,18H,5-6,9-14H2,1H3. The van der Waals surface area contributed by atoms with Crippen LogP contribution in [0.25, 0.3) is 0 Å². The van der Waals surface area contributed by atoms with Crippen LogP contribution >= 0.6 is 11.3 Å². The van der Waals surface area contributed by atoms with Crippen LogP contribution in [0, 0.1) is 6.92 Å². The van der Waals surface area contributed by atoms with Crippen molar-refractivity contribution >= 4 is 17.2 Å². The average molecular weight is 423 g/mol. The van der Waals surface area contributed by atoms with Crippen LogP contribution in [0.1, 0.15) is 60.1 Å². The number of nitrogens with zero attached hydrogens (tertiary/aromatic N) is 6. The summed E-state index contributed by atoms with van der Waals surface area (Å²) in [7, 11) is 0. The Balaban J connectivity index is 1.40. The predicted molar refractivity (Wildman–Crippen MR) is 114 cm³/mol. The zero-order valence-corrected chi connectivity index (χ0v) is 18.0. The largest absolute Gasteiger partial charge is 0.342 e. The summed E-state index contributed by atoms with van der Waals surface area (Å²) >= 11 is 1.70. The van der Waals surface area contributed by atoms with Gasteiger partial charge in [-0.15, -0.1) is 16.4 Å². The number of hydrogen-bond acceptors (Lipinski definition) is 6. The van der Waals surface area contributed by atoms with E-state index in [0.717, 1.165) is 68.3 Å². The molecule has 1 atom stereocenters. The van der Waals surface area contributed by atoms with Crippen molar-refractivity contribution < 1.29 is 4.79 Å². The zero-order valence-electron chi connectivity index (χ0n) is 17.2. The first-order valence-corrected chi connectivity index (χ1v) is 11.6. The third-order valence-corrected chi connectivity index (χ3v) is 7.42. The van der Waals surface area contributed by atoms with Gasteiger partial charge in [-0.3, -0.25) is 4.79 Å². The topological polar surface area (TPSA) is 76.8 Å². The van der Waals surface area contributed by atoms with Crippen molar-refractivity contribution in [2.45, 2.75) is 56.9 Å². The molecule has 0 spiro atoms. The fourth-order valence-corrected chi connectivity index (χ4v) is 5.67. The number of fused-ring (bicyclic) bond motifs is 1. The Bertz CT molecular complexity index is 1020. The van der Waals surface area contributed by atoms with Gasteiger partial charge in [-0.25, -0.2) is 9.67 Å². The molecule has 156 valence electrons. The Hall–Kier alpha value is -2.61. The van der Waals surface area contributed by atoms with E-state index in [0.29, 0.717) is 0 Å². The first kappa shape index (κ1) is 19.4. The van der Waals surface area contributed by atoms with Gasteiger partial charge in [0.15, 0.2) is 5.82 Å².